The van der Waals surface area contributed by atoms with Crippen LogP contribution in [-0.2, 0) is 6.42 Å². The zero-order valence-electron chi connectivity index (χ0n) is 10.7. The molecule has 1 aliphatic carbocycles. The van der Waals surface area contributed by atoms with Crippen LogP contribution in [0.5, 0.6) is 0 Å². The van der Waals surface area contributed by atoms with E-state index in [0.29, 0.717) is 15.1 Å². The molecule has 0 N–H and O–H groups in total. The maximum atomic E-state index is 6.53. The van der Waals surface area contributed by atoms with Gasteiger partial charge in [-0.2, -0.15) is 0 Å². The van der Waals surface area contributed by atoms with Gasteiger partial charge in [0.1, 0.15) is 0 Å². The molecule has 0 saturated carbocycles. The van der Waals surface area contributed by atoms with Gasteiger partial charge in [-0.1, -0.05) is 72.1 Å². The average molecular weight is 336 g/mol. The van der Waals surface area contributed by atoms with Gasteiger partial charge >= 0.3 is 0 Å². The first-order valence-electron chi connectivity index (χ1n) is 6.03. The van der Waals surface area contributed by atoms with E-state index in [0.717, 1.165) is 12.0 Å². The molecule has 0 nitrogen and oxygen atoms in total. The third-order valence-electron chi connectivity index (χ3n) is 3.67. The minimum absolute atomic E-state index is 0.0249. The number of hydrogen-bond donors (Lipinski definition) is 0. The first-order chi connectivity index (χ1) is 8.85. The van der Waals surface area contributed by atoms with Gasteiger partial charge in [-0.05, 0) is 24.5 Å². The Bertz CT molecular complexity index is 541. The van der Waals surface area contributed by atoms with E-state index in [2.05, 4.69) is 12.1 Å². The lowest BCUT2D eigenvalue weighted by molar-refractivity contribution is 0.535. The fraction of sp³-hybridized carbons (Fsp3) is 0.333. The van der Waals surface area contributed by atoms with Gasteiger partial charge in [0, 0.05) is 5.92 Å². The second kappa shape index (κ2) is 5.69. The molecule has 2 atom stereocenters. The molecule has 0 spiro atoms. The summed E-state index contributed by atoms with van der Waals surface area (Å²) in [5.74, 6) is 0.0249. The molecule has 2 rings (SSSR count). The first-order valence-corrected chi connectivity index (χ1v) is 7.54. The topological polar surface area (TPSA) is 0 Å². The van der Waals surface area contributed by atoms with Crippen molar-refractivity contribution in [3.05, 3.63) is 56.6 Å². The quantitative estimate of drug-likeness (QED) is 0.576. The van der Waals surface area contributed by atoms with E-state index in [1.165, 1.54) is 5.56 Å². The Kier molecular flexibility index (Phi) is 4.57. The Morgan fingerprint density at radius 3 is 2.21 bits per heavy atom. The van der Waals surface area contributed by atoms with Gasteiger partial charge in [0.2, 0.25) is 0 Å². The van der Waals surface area contributed by atoms with E-state index in [-0.39, 0.29) is 5.92 Å². The summed E-state index contributed by atoms with van der Waals surface area (Å²) in [4.78, 5) is -0.707. The van der Waals surface area contributed by atoms with Crippen molar-refractivity contribution in [1.82, 2.24) is 0 Å². The molecule has 0 radical (unpaired) electrons. The molecule has 0 bridgehead atoms. The largest absolute Gasteiger partial charge is 0.113 e. The third kappa shape index (κ3) is 2.83. The highest BCUT2D eigenvalue weighted by Gasteiger charge is 2.41. The number of allylic oxidation sites excluding steroid dienone is 4. The van der Waals surface area contributed by atoms with Crippen molar-refractivity contribution in [3.8, 4) is 0 Å². The Morgan fingerprint density at radius 1 is 1.05 bits per heavy atom. The van der Waals surface area contributed by atoms with Crippen LogP contribution in [0, 0.1) is 5.92 Å². The Morgan fingerprint density at radius 2 is 1.63 bits per heavy atom. The van der Waals surface area contributed by atoms with Gasteiger partial charge in [-0.25, -0.2) is 0 Å². The second-order valence-electron chi connectivity index (χ2n) is 4.93. The molecule has 0 aliphatic heterocycles. The highest BCUT2D eigenvalue weighted by Crippen LogP contribution is 2.50. The number of alkyl halides is 1. The third-order valence-corrected chi connectivity index (χ3v) is 5.87. The lowest BCUT2D eigenvalue weighted by atomic mass is 9.81. The summed E-state index contributed by atoms with van der Waals surface area (Å²) in [5, 5.41) is 1.32. The predicted molar refractivity (Wildman–Crippen MR) is 85.2 cm³/mol. The first kappa shape index (κ1) is 15.3. The van der Waals surface area contributed by atoms with Crippen LogP contribution in [0.4, 0.5) is 0 Å². The van der Waals surface area contributed by atoms with Crippen molar-refractivity contribution in [2.24, 2.45) is 5.92 Å². The highest BCUT2D eigenvalue weighted by molar-refractivity contribution is 6.51. The van der Waals surface area contributed by atoms with E-state index >= 15 is 0 Å². The van der Waals surface area contributed by atoms with Gasteiger partial charge in [0.05, 0.1) is 20.0 Å². The summed E-state index contributed by atoms with van der Waals surface area (Å²) in [7, 11) is 0. The average Bonchev–Trinajstić information content (AvgIpc) is 2.41. The molecular weight excluding hydrogens is 322 g/mol. The maximum Gasteiger partial charge on any atom is 0.0851 e. The van der Waals surface area contributed by atoms with E-state index in [1.807, 2.05) is 32.0 Å². The van der Waals surface area contributed by atoms with Crippen LogP contribution in [0.1, 0.15) is 19.4 Å². The lowest BCUT2D eigenvalue weighted by Crippen LogP contribution is -2.33. The van der Waals surface area contributed by atoms with Crippen LogP contribution in [0.15, 0.2) is 51.0 Å². The van der Waals surface area contributed by atoms with Gasteiger partial charge in [-0.3, -0.25) is 0 Å². The Balaban J connectivity index is 2.44. The Labute approximate surface area is 134 Å². The fourth-order valence-electron chi connectivity index (χ4n) is 2.21. The highest BCUT2D eigenvalue weighted by atomic mass is 35.5. The van der Waals surface area contributed by atoms with Crippen molar-refractivity contribution < 1.29 is 0 Å². The molecular formula is C15H14Cl4. The summed E-state index contributed by atoms with van der Waals surface area (Å²) in [6.45, 7) is 3.90. The molecule has 102 valence electrons. The van der Waals surface area contributed by atoms with Crippen LogP contribution in [0.2, 0.25) is 0 Å². The summed E-state index contributed by atoms with van der Waals surface area (Å²) >= 11 is 25.3. The molecule has 19 heavy (non-hydrogen) atoms. The smallest absolute Gasteiger partial charge is 0.0851 e. The zero-order valence-corrected chi connectivity index (χ0v) is 13.7. The molecule has 0 saturated heterocycles. The molecule has 0 fully saturated rings. The maximum absolute atomic E-state index is 6.53. The van der Waals surface area contributed by atoms with Crippen molar-refractivity contribution in [1.29, 1.82) is 0 Å². The molecule has 1 aliphatic rings. The van der Waals surface area contributed by atoms with Crippen LogP contribution in [0.25, 0.3) is 0 Å². The zero-order chi connectivity index (χ0) is 14.2. The standard InChI is InChI=1S/C15H14Cl4/c1-9-11(8-10-6-4-3-5-7-10)12(16)13(17)14(18)15(9,2)19/h3-7,9H,8H2,1-2H3. The minimum atomic E-state index is -0.707. The molecule has 0 aromatic heterocycles. The minimum Gasteiger partial charge on any atom is -0.113 e. The lowest BCUT2D eigenvalue weighted by Gasteiger charge is -2.36. The van der Waals surface area contributed by atoms with Crippen molar-refractivity contribution in [3.63, 3.8) is 0 Å². The van der Waals surface area contributed by atoms with Crippen LogP contribution < -0.4 is 0 Å². The second-order valence-corrected chi connectivity index (χ2v) is 6.85. The SMILES string of the molecule is CC1C(Cc2ccccc2)=C(Cl)C(Cl)=C(Cl)C1(C)Cl. The van der Waals surface area contributed by atoms with E-state index in [4.69, 9.17) is 46.4 Å². The molecule has 0 amide bonds. The molecule has 1 aromatic rings. The molecule has 0 heterocycles. The van der Waals surface area contributed by atoms with Crippen LogP contribution >= 0.6 is 46.4 Å². The van der Waals surface area contributed by atoms with Gasteiger partial charge in [-0.15, -0.1) is 11.6 Å². The van der Waals surface area contributed by atoms with Gasteiger partial charge < -0.3 is 0 Å². The van der Waals surface area contributed by atoms with Gasteiger partial charge in [0.25, 0.3) is 0 Å². The van der Waals surface area contributed by atoms with Crippen molar-refractivity contribution in [2.45, 2.75) is 25.1 Å². The summed E-state index contributed by atoms with van der Waals surface area (Å²) in [6.07, 6.45) is 0.726. The summed E-state index contributed by atoms with van der Waals surface area (Å²) < 4.78 is 0. The summed E-state index contributed by atoms with van der Waals surface area (Å²) in [5.41, 5.74) is 2.21. The predicted octanol–water partition coefficient (Wildman–Crippen LogP) is 6.06. The number of benzene rings is 1. The van der Waals surface area contributed by atoms with Crippen LogP contribution in [-0.4, -0.2) is 4.87 Å². The van der Waals surface area contributed by atoms with E-state index in [9.17, 15) is 0 Å². The Hall–Kier alpha value is -0.140. The van der Waals surface area contributed by atoms with Gasteiger partial charge in [0.15, 0.2) is 0 Å². The van der Waals surface area contributed by atoms with Crippen LogP contribution in [0.3, 0.4) is 0 Å². The summed E-state index contributed by atoms with van der Waals surface area (Å²) in [6, 6.07) is 10.1. The number of hydrogen-bond acceptors (Lipinski definition) is 0. The van der Waals surface area contributed by atoms with E-state index in [1.54, 1.807) is 0 Å². The fourth-order valence-corrected chi connectivity index (χ4v) is 3.43. The molecule has 4 heteroatoms. The molecule has 2 unspecified atom stereocenters. The molecule has 1 aromatic carbocycles. The van der Waals surface area contributed by atoms with Crippen molar-refractivity contribution >= 4 is 46.4 Å². The monoisotopic (exact) mass is 334 g/mol. The number of halogens is 4. The van der Waals surface area contributed by atoms with Crippen molar-refractivity contribution in [2.75, 3.05) is 0 Å². The number of rotatable bonds is 2. The normalized spacial score (nSPS) is 28.0. The van der Waals surface area contributed by atoms with E-state index < -0.39 is 4.87 Å².